The van der Waals surface area contributed by atoms with Gasteiger partial charge in [-0.2, -0.15) is 0 Å². The average molecular weight is 465 g/mol. The highest BCUT2D eigenvalue weighted by Gasteiger charge is 2.11. The molecule has 0 spiro atoms. The molecule has 1 amide bonds. The number of nitrogens with two attached hydrogens (primary N) is 1. The minimum atomic E-state index is -0.179. The Morgan fingerprint density at radius 2 is 1.82 bits per heavy atom. The molecule has 0 radical (unpaired) electrons. The largest absolute Gasteiger partial charge is 0.494 e. The number of amides is 1. The molecule has 172 valence electrons. The van der Waals surface area contributed by atoms with Crippen molar-refractivity contribution in [3.63, 3.8) is 0 Å². The fourth-order valence-electron chi connectivity index (χ4n) is 3.67. The van der Waals surface area contributed by atoms with Gasteiger partial charge in [0.1, 0.15) is 5.75 Å². The van der Waals surface area contributed by atoms with Gasteiger partial charge in [-0.25, -0.2) is 4.98 Å². The second-order valence-corrected chi connectivity index (χ2v) is 7.74. The molecule has 3 N–H and O–H groups in total. The second-order valence-electron chi connectivity index (χ2n) is 7.74. The van der Waals surface area contributed by atoms with E-state index in [1.165, 1.54) is 5.56 Å². The molecule has 0 unspecified atom stereocenters. The Hall–Kier alpha value is -3.51. The molecule has 1 aromatic heterocycles. The number of imidazole rings is 1. The Kier molecular flexibility index (Phi) is 8.33. The molecule has 0 atom stereocenters. The number of nitrogen functional groups attached to an aromatic ring is 1. The molecule has 4 rings (SSSR count). The Labute approximate surface area is 200 Å². The fourth-order valence-corrected chi connectivity index (χ4v) is 3.67. The van der Waals surface area contributed by atoms with Crippen LogP contribution in [0.1, 0.15) is 35.7 Å². The summed E-state index contributed by atoms with van der Waals surface area (Å²) in [5.74, 6) is 1.07. The van der Waals surface area contributed by atoms with Crippen molar-refractivity contribution >= 4 is 41.0 Å². The molecule has 0 saturated carbocycles. The van der Waals surface area contributed by atoms with Crippen molar-refractivity contribution in [2.24, 2.45) is 0 Å². The van der Waals surface area contributed by atoms with Crippen LogP contribution in [-0.4, -0.2) is 22.1 Å². The first-order valence-corrected chi connectivity index (χ1v) is 11.0. The molecule has 0 saturated heterocycles. The van der Waals surface area contributed by atoms with E-state index >= 15 is 0 Å². The molecule has 4 aromatic rings. The van der Waals surface area contributed by atoms with E-state index in [9.17, 15) is 4.79 Å². The molecule has 7 heteroatoms. The molecular weight excluding hydrogens is 436 g/mol. The predicted octanol–water partition coefficient (Wildman–Crippen LogP) is 5.71. The Balaban J connectivity index is 0.00000306. The smallest absolute Gasteiger partial charge is 0.255 e. The van der Waals surface area contributed by atoms with Crippen LogP contribution < -0.4 is 15.8 Å². The Bertz CT molecular complexity index is 1190. The number of anilines is 2. The standard InChI is InChI=1S/C26H28N4O2.ClH/c1-2-17-32-22-13-10-20(11-14-22)25(31)28-21-12-15-24-23(18-21)29-26(27)30(24)16-6-9-19-7-4-3-5-8-19;/h3-5,7-8,10-15,18H,2,6,9,16-17H2,1H3,(H2,27,29)(H,28,31);1H. The molecule has 1 heterocycles. The summed E-state index contributed by atoms with van der Waals surface area (Å²) in [6.07, 6.45) is 2.89. The SMILES string of the molecule is CCCOc1ccc(C(=O)Nc2ccc3c(c2)nc(N)n3CCCc2ccccc2)cc1.Cl. The van der Waals surface area contributed by atoms with Crippen LogP contribution in [0.5, 0.6) is 5.75 Å². The molecule has 0 aliphatic heterocycles. The molecule has 0 bridgehead atoms. The van der Waals surface area contributed by atoms with Crippen molar-refractivity contribution < 1.29 is 9.53 Å². The predicted molar refractivity (Wildman–Crippen MR) is 136 cm³/mol. The van der Waals surface area contributed by atoms with Gasteiger partial charge in [-0.15, -0.1) is 12.4 Å². The second kappa shape index (κ2) is 11.4. The van der Waals surface area contributed by atoms with Crippen LogP contribution in [-0.2, 0) is 13.0 Å². The van der Waals surface area contributed by atoms with Gasteiger partial charge in [0.2, 0.25) is 5.95 Å². The van der Waals surface area contributed by atoms with E-state index in [-0.39, 0.29) is 18.3 Å². The van der Waals surface area contributed by atoms with Crippen molar-refractivity contribution in [2.45, 2.75) is 32.7 Å². The van der Waals surface area contributed by atoms with Gasteiger partial charge in [-0.05, 0) is 67.3 Å². The lowest BCUT2D eigenvalue weighted by Gasteiger charge is -2.09. The van der Waals surface area contributed by atoms with E-state index in [2.05, 4.69) is 41.5 Å². The molecule has 0 aliphatic carbocycles. The highest BCUT2D eigenvalue weighted by Crippen LogP contribution is 2.23. The topological polar surface area (TPSA) is 82.2 Å². The van der Waals surface area contributed by atoms with E-state index in [0.717, 1.165) is 42.6 Å². The summed E-state index contributed by atoms with van der Waals surface area (Å²) in [7, 11) is 0. The van der Waals surface area contributed by atoms with Crippen LogP contribution in [0.25, 0.3) is 11.0 Å². The number of carbonyl (C=O) groups excluding carboxylic acids is 1. The first-order chi connectivity index (χ1) is 15.6. The zero-order valence-corrected chi connectivity index (χ0v) is 19.5. The zero-order chi connectivity index (χ0) is 22.3. The number of hydrogen-bond acceptors (Lipinski definition) is 4. The van der Waals surface area contributed by atoms with Crippen molar-refractivity contribution in [3.8, 4) is 5.75 Å². The van der Waals surface area contributed by atoms with Gasteiger partial charge < -0.3 is 20.4 Å². The van der Waals surface area contributed by atoms with Crippen LogP contribution >= 0.6 is 12.4 Å². The number of aromatic nitrogens is 2. The van der Waals surface area contributed by atoms with E-state index in [1.54, 1.807) is 12.1 Å². The minimum absolute atomic E-state index is 0. The van der Waals surface area contributed by atoms with Crippen molar-refractivity contribution in [2.75, 3.05) is 17.7 Å². The lowest BCUT2D eigenvalue weighted by molar-refractivity contribution is 0.102. The maximum atomic E-state index is 12.6. The van der Waals surface area contributed by atoms with Gasteiger partial charge in [0, 0.05) is 17.8 Å². The molecular formula is C26H29ClN4O2. The number of halogens is 1. The summed E-state index contributed by atoms with van der Waals surface area (Å²) in [4.78, 5) is 17.1. The number of benzene rings is 3. The van der Waals surface area contributed by atoms with E-state index < -0.39 is 0 Å². The molecule has 6 nitrogen and oxygen atoms in total. The van der Waals surface area contributed by atoms with Crippen molar-refractivity contribution in [3.05, 3.63) is 83.9 Å². The number of aryl methyl sites for hydroxylation is 2. The number of nitrogens with zero attached hydrogens (tertiary/aromatic N) is 2. The van der Waals surface area contributed by atoms with Crippen LogP contribution in [0.3, 0.4) is 0 Å². The van der Waals surface area contributed by atoms with Gasteiger partial charge in [0.15, 0.2) is 0 Å². The summed E-state index contributed by atoms with van der Waals surface area (Å²) >= 11 is 0. The monoisotopic (exact) mass is 464 g/mol. The van der Waals surface area contributed by atoms with Crippen LogP contribution in [0.15, 0.2) is 72.8 Å². The summed E-state index contributed by atoms with van der Waals surface area (Å²) in [5, 5.41) is 2.94. The maximum Gasteiger partial charge on any atom is 0.255 e. The number of ether oxygens (including phenoxy) is 1. The third-order valence-electron chi connectivity index (χ3n) is 5.31. The van der Waals surface area contributed by atoms with Crippen LogP contribution in [0, 0.1) is 0 Å². The fraction of sp³-hybridized carbons (Fsp3) is 0.231. The number of fused-ring (bicyclic) bond motifs is 1. The summed E-state index contributed by atoms with van der Waals surface area (Å²) in [6, 6.07) is 23.3. The molecule has 33 heavy (non-hydrogen) atoms. The highest BCUT2D eigenvalue weighted by atomic mass is 35.5. The first kappa shape index (κ1) is 24.1. The minimum Gasteiger partial charge on any atom is -0.494 e. The third-order valence-corrected chi connectivity index (χ3v) is 5.31. The van der Waals surface area contributed by atoms with E-state index in [1.807, 2.05) is 41.0 Å². The summed E-state index contributed by atoms with van der Waals surface area (Å²) in [5.41, 5.74) is 10.5. The van der Waals surface area contributed by atoms with Crippen molar-refractivity contribution in [1.29, 1.82) is 0 Å². The quantitative estimate of drug-likeness (QED) is 0.332. The van der Waals surface area contributed by atoms with Gasteiger partial charge in [0.05, 0.1) is 17.6 Å². The van der Waals surface area contributed by atoms with Gasteiger partial charge in [0.25, 0.3) is 5.91 Å². The first-order valence-electron chi connectivity index (χ1n) is 11.0. The average Bonchev–Trinajstić information content (AvgIpc) is 3.13. The summed E-state index contributed by atoms with van der Waals surface area (Å²) in [6.45, 7) is 3.50. The lowest BCUT2D eigenvalue weighted by atomic mass is 10.1. The van der Waals surface area contributed by atoms with Crippen LogP contribution in [0.2, 0.25) is 0 Å². The highest BCUT2D eigenvalue weighted by molar-refractivity contribution is 6.05. The zero-order valence-electron chi connectivity index (χ0n) is 18.7. The maximum absolute atomic E-state index is 12.6. The molecule has 0 aliphatic rings. The van der Waals surface area contributed by atoms with Gasteiger partial charge in [-0.3, -0.25) is 4.79 Å². The van der Waals surface area contributed by atoms with E-state index in [4.69, 9.17) is 10.5 Å². The number of carbonyl (C=O) groups is 1. The van der Waals surface area contributed by atoms with Crippen molar-refractivity contribution in [1.82, 2.24) is 9.55 Å². The van der Waals surface area contributed by atoms with Crippen LogP contribution in [0.4, 0.5) is 11.6 Å². The van der Waals surface area contributed by atoms with Gasteiger partial charge >= 0.3 is 0 Å². The van der Waals surface area contributed by atoms with E-state index in [0.29, 0.717) is 23.8 Å². The Morgan fingerprint density at radius 3 is 2.55 bits per heavy atom. The lowest BCUT2D eigenvalue weighted by Crippen LogP contribution is -2.11. The Morgan fingerprint density at radius 1 is 1.06 bits per heavy atom. The van der Waals surface area contributed by atoms with Gasteiger partial charge in [-0.1, -0.05) is 37.3 Å². The number of hydrogen-bond donors (Lipinski definition) is 2. The number of rotatable bonds is 9. The summed E-state index contributed by atoms with van der Waals surface area (Å²) < 4.78 is 7.60. The molecule has 0 fully saturated rings. The number of nitrogens with one attached hydrogen (secondary N) is 1. The molecule has 3 aromatic carbocycles. The normalized spacial score (nSPS) is 10.6. The third kappa shape index (κ3) is 6.05.